The van der Waals surface area contributed by atoms with Gasteiger partial charge in [-0.2, -0.15) is 0 Å². The zero-order chi connectivity index (χ0) is 24.3. The van der Waals surface area contributed by atoms with Crippen molar-refractivity contribution in [2.75, 3.05) is 13.2 Å². The van der Waals surface area contributed by atoms with Gasteiger partial charge in [-0.25, -0.2) is 9.59 Å². The monoisotopic (exact) mass is 527 g/mol. The number of nitrogens with one attached hydrogen (secondary N) is 1. The second-order valence-electron chi connectivity index (χ2n) is 7.64. The highest BCUT2D eigenvalue weighted by atomic mass is 79.9. The summed E-state index contributed by atoms with van der Waals surface area (Å²) < 4.78 is 17.4. The van der Waals surface area contributed by atoms with Crippen LogP contribution in [-0.2, 0) is 14.2 Å². The molecule has 2 heterocycles. The Morgan fingerprint density at radius 3 is 2.85 bits per heavy atom. The fourth-order valence-corrected chi connectivity index (χ4v) is 3.75. The molecule has 1 aromatic heterocycles. The Bertz CT molecular complexity index is 1160. The van der Waals surface area contributed by atoms with Gasteiger partial charge in [0.2, 0.25) is 0 Å². The summed E-state index contributed by atoms with van der Waals surface area (Å²) in [6.45, 7) is 2.70. The molecule has 13 heteroatoms. The predicted octanol–water partition coefficient (Wildman–Crippen LogP) is 2.12. The number of nitro benzene ring substituents is 1. The van der Waals surface area contributed by atoms with Crippen LogP contribution in [-0.4, -0.2) is 51.2 Å². The summed E-state index contributed by atoms with van der Waals surface area (Å²) in [7, 11) is 0. The summed E-state index contributed by atoms with van der Waals surface area (Å²) in [5.41, 5.74) is -0.596. The average molecular weight is 528 g/mol. The van der Waals surface area contributed by atoms with Gasteiger partial charge >= 0.3 is 11.8 Å². The number of benzene rings is 1. The van der Waals surface area contributed by atoms with Crippen LogP contribution in [0.2, 0.25) is 0 Å². The molecular weight excluding hydrogens is 506 g/mol. The Hall–Kier alpha value is -3.03. The molecule has 0 radical (unpaired) electrons. The molecule has 2 N–H and O–H groups in total. The van der Waals surface area contributed by atoms with Crippen LogP contribution in [0.5, 0.6) is 0 Å². The number of aromatic nitrogens is 2. The number of aliphatic hydroxyl groups is 1. The van der Waals surface area contributed by atoms with Gasteiger partial charge < -0.3 is 19.3 Å². The van der Waals surface area contributed by atoms with E-state index in [1.165, 1.54) is 19.2 Å². The van der Waals surface area contributed by atoms with Gasteiger partial charge in [-0.3, -0.25) is 24.5 Å². The number of halogens is 1. The molecule has 3 rings (SSSR count). The van der Waals surface area contributed by atoms with E-state index in [0.29, 0.717) is 15.6 Å². The zero-order valence-electron chi connectivity index (χ0n) is 17.7. The molecule has 0 amide bonds. The first-order valence-electron chi connectivity index (χ1n) is 9.95. The first kappa shape index (κ1) is 24.6. The van der Waals surface area contributed by atoms with Crippen LogP contribution in [0.1, 0.15) is 36.6 Å². The fourth-order valence-electron chi connectivity index (χ4n) is 3.40. The minimum Gasteiger partial charge on any atom is -0.434 e. The Labute approximate surface area is 195 Å². The van der Waals surface area contributed by atoms with Crippen molar-refractivity contribution < 1.29 is 29.0 Å². The minimum atomic E-state index is -1.03. The maximum atomic E-state index is 12.0. The van der Waals surface area contributed by atoms with Crippen LogP contribution in [0.4, 0.5) is 10.5 Å². The summed E-state index contributed by atoms with van der Waals surface area (Å²) in [4.78, 5) is 48.4. The van der Waals surface area contributed by atoms with E-state index in [1.807, 2.05) is 0 Å². The molecule has 0 spiro atoms. The SMILES string of the molecule is Cc1cn(C2CC(O)C(COC(=O)OCC(C)c3ccc(Br)cc3[N+](=O)[O-])O2)c(=O)[nH]c1=O. The molecular formula is C20H22BrN3O9. The number of hydrogen-bond donors (Lipinski definition) is 2. The number of aliphatic hydroxyl groups excluding tert-OH is 1. The first-order valence-corrected chi connectivity index (χ1v) is 10.7. The molecule has 0 bridgehead atoms. The van der Waals surface area contributed by atoms with Crippen LogP contribution in [0.25, 0.3) is 0 Å². The molecule has 1 aliphatic heterocycles. The Kier molecular flexibility index (Phi) is 7.66. The molecule has 1 fully saturated rings. The third-order valence-electron chi connectivity index (χ3n) is 5.20. The highest BCUT2D eigenvalue weighted by molar-refractivity contribution is 9.10. The number of carbonyl (C=O) groups excluding carboxylic acids is 1. The summed E-state index contributed by atoms with van der Waals surface area (Å²) in [6.07, 6.45) is -2.42. The Morgan fingerprint density at radius 2 is 2.15 bits per heavy atom. The van der Waals surface area contributed by atoms with E-state index in [9.17, 15) is 29.6 Å². The zero-order valence-corrected chi connectivity index (χ0v) is 19.3. The van der Waals surface area contributed by atoms with Crippen LogP contribution >= 0.6 is 15.9 Å². The molecule has 0 aliphatic carbocycles. The molecule has 33 heavy (non-hydrogen) atoms. The number of hydrogen-bond acceptors (Lipinski definition) is 9. The first-order chi connectivity index (χ1) is 15.6. The van der Waals surface area contributed by atoms with Crippen LogP contribution in [0.15, 0.2) is 38.5 Å². The highest BCUT2D eigenvalue weighted by Crippen LogP contribution is 2.30. The molecule has 12 nitrogen and oxygen atoms in total. The summed E-state index contributed by atoms with van der Waals surface area (Å²) in [5.74, 6) is -0.473. The van der Waals surface area contributed by atoms with E-state index in [1.54, 1.807) is 19.1 Å². The molecule has 1 aromatic carbocycles. The summed E-state index contributed by atoms with van der Waals surface area (Å²) >= 11 is 3.19. The largest absolute Gasteiger partial charge is 0.508 e. The van der Waals surface area contributed by atoms with Crippen LogP contribution in [0.3, 0.4) is 0 Å². The summed E-state index contributed by atoms with van der Waals surface area (Å²) in [5, 5.41) is 21.5. The smallest absolute Gasteiger partial charge is 0.434 e. The average Bonchev–Trinajstić information content (AvgIpc) is 3.13. The maximum absolute atomic E-state index is 12.0. The highest BCUT2D eigenvalue weighted by Gasteiger charge is 2.36. The maximum Gasteiger partial charge on any atom is 0.508 e. The lowest BCUT2D eigenvalue weighted by Gasteiger charge is -2.17. The van der Waals surface area contributed by atoms with E-state index in [4.69, 9.17) is 14.2 Å². The van der Waals surface area contributed by atoms with Crippen molar-refractivity contribution in [2.24, 2.45) is 0 Å². The van der Waals surface area contributed by atoms with Crippen LogP contribution in [0, 0.1) is 17.0 Å². The van der Waals surface area contributed by atoms with E-state index in [-0.39, 0.29) is 25.3 Å². The van der Waals surface area contributed by atoms with E-state index < -0.39 is 46.7 Å². The lowest BCUT2D eigenvalue weighted by Crippen LogP contribution is -2.33. The topological polar surface area (TPSA) is 163 Å². The lowest BCUT2D eigenvalue weighted by atomic mass is 10.0. The quantitative estimate of drug-likeness (QED) is 0.311. The molecule has 1 aliphatic rings. The van der Waals surface area contributed by atoms with Gasteiger partial charge in [0, 0.05) is 40.2 Å². The van der Waals surface area contributed by atoms with Gasteiger partial charge in [-0.05, 0) is 13.0 Å². The van der Waals surface area contributed by atoms with Gasteiger partial charge in [0.05, 0.1) is 11.0 Å². The molecule has 4 atom stereocenters. The molecule has 2 aromatic rings. The number of carbonyl (C=O) groups is 1. The number of rotatable bonds is 7. The number of aryl methyl sites for hydroxylation is 1. The van der Waals surface area contributed by atoms with Crippen molar-refractivity contribution in [3.05, 3.63) is 70.9 Å². The van der Waals surface area contributed by atoms with E-state index in [2.05, 4.69) is 20.9 Å². The molecule has 4 unspecified atom stereocenters. The van der Waals surface area contributed by atoms with Crippen molar-refractivity contribution in [1.29, 1.82) is 0 Å². The number of nitro groups is 1. The normalized spacial score (nSPS) is 20.9. The van der Waals surface area contributed by atoms with Crippen molar-refractivity contribution in [3.8, 4) is 0 Å². The van der Waals surface area contributed by atoms with Crippen molar-refractivity contribution in [3.63, 3.8) is 0 Å². The molecule has 1 saturated heterocycles. The Morgan fingerprint density at radius 1 is 1.42 bits per heavy atom. The van der Waals surface area contributed by atoms with Gasteiger partial charge in [0.25, 0.3) is 11.2 Å². The third kappa shape index (κ3) is 5.86. The van der Waals surface area contributed by atoms with Gasteiger partial charge in [-0.15, -0.1) is 0 Å². The minimum absolute atomic E-state index is 0.0543. The lowest BCUT2D eigenvalue weighted by molar-refractivity contribution is -0.385. The number of ether oxygens (including phenoxy) is 3. The standard InChI is InChI=1S/C20H22BrN3O9/c1-10-7-23(19(27)22-18(10)26)17-6-15(25)16(33-17)9-32-20(28)31-8-11(2)13-4-3-12(21)5-14(13)24(29)30/h3-5,7,11,15-17,25H,6,8-9H2,1-2H3,(H,22,26,27). The molecule has 0 saturated carbocycles. The van der Waals surface area contributed by atoms with E-state index >= 15 is 0 Å². The Balaban J connectivity index is 1.53. The fraction of sp³-hybridized carbons (Fsp3) is 0.450. The van der Waals surface area contributed by atoms with Crippen LogP contribution < -0.4 is 11.2 Å². The van der Waals surface area contributed by atoms with Crippen molar-refractivity contribution in [1.82, 2.24) is 9.55 Å². The summed E-state index contributed by atoms with van der Waals surface area (Å²) in [6, 6.07) is 4.60. The number of H-pyrrole nitrogens is 1. The van der Waals surface area contributed by atoms with Crippen molar-refractivity contribution >= 4 is 27.8 Å². The number of nitrogens with zero attached hydrogens (tertiary/aromatic N) is 2. The van der Waals surface area contributed by atoms with Gasteiger partial charge in [0.1, 0.15) is 25.5 Å². The second-order valence-corrected chi connectivity index (χ2v) is 8.56. The molecule has 178 valence electrons. The predicted molar refractivity (Wildman–Crippen MR) is 117 cm³/mol. The third-order valence-corrected chi connectivity index (χ3v) is 5.69. The van der Waals surface area contributed by atoms with Crippen molar-refractivity contribution in [2.45, 2.75) is 44.6 Å². The second kappa shape index (κ2) is 10.3. The van der Waals surface area contributed by atoms with Gasteiger partial charge in [0.15, 0.2) is 0 Å². The van der Waals surface area contributed by atoms with E-state index in [0.717, 1.165) is 4.57 Å². The van der Waals surface area contributed by atoms with Gasteiger partial charge in [-0.1, -0.05) is 28.9 Å². The number of aromatic amines is 1.